The molecule has 9 rings (SSSR count). The molecule has 6 heterocycles. The van der Waals surface area contributed by atoms with Crippen molar-refractivity contribution < 1.29 is 36.3 Å². The van der Waals surface area contributed by atoms with Gasteiger partial charge in [-0.05, 0) is 98.2 Å². The number of carbonyl (C=O) groups is 2. The highest BCUT2D eigenvalue weighted by molar-refractivity contribution is 7.90. The number of piperidine rings is 1. The Hall–Kier alpha value is -6.51. The van der Waals surface area contributed by atoms with Gasteiger partial charge in [0.2, 0.25) is 5.91 Å². The molecule has 20 heteroatoms. The number of aliphatic hydroxyl groups is 1. The largest absolute Gasteiger partial charge is 0.417 e. The van der Waals surface area contributed by atoms with Gasteiger partial charge in [-0.1, -0.05) is 13.8 Å². The van der Waals surface area contributed by atoms with Crippen LogP contribution in [-0.2, 0) is 53.8 Å². The van der Waals surface area contributed by atoms with E-state index in [4.69, 9.17) is 10.7 Å². The van der Waals surface area contributed by atoms with Crippen LogP contribution in [-0.4, -0.2) is 107 Å². The maximum absolute atomic E-state index is 14.0. The normalized spacial score (nSPS) is 19.0. The highest BCUT2D eigenvalue weighted by Crippen LogP contribution is 2.41. The molecule has 1 aliphatic carbocycles. The second-order valence-corrected chi connectivity index (χ2v) is 21.7. The summed E-state index contributed by atoms with van der Waals surface area (Å²) < 4.78 is 69.5. The smallest absolute Gasteiger partial charge is 0.392 e. The van der Waals surface area contributed by atoms with E-state index in [0.29, 0.717) is 104 Å². The molecule has 0 spiro atoms. The van der Waals surface area contributed by atoms with E-state index >= 15 is 0 Å². The van der Waals surface area contributed by atoms with Crippen LogP contribution in [0.1, 0.15) is 72.0 Å². The molecule has 2 saturated heterocycles. The molecule has 2 fully saturated rings. The number of aryl methyl sites for hydroxylation is 1. The Kier molecular flexibility index (Phi) is 12.7. The van der Waals surface area contributed by atoms with Crippen molar-refractivity contribution in [2.24, 2.45) is 18.2 Å². The summed E-state index contributed by atoms with van der Waals surface area (Å²) >= 11 is 0. The lowest BCUT2D eigenvalue weighted by Gasteiger charge is -2.47. The third-order valence-corrected chi connectivity index (χ3v) is 15.3. The van der Waals surface area contributed by atoms with Gasteiger partial charge in [0, 0.05) is 129 Å². The van der Waals surface area contributed by atoms with Crippen LogP contribution < -0.4 is 31.3 Å². The predicted molar refractivity (Wildman–Crippen MR) is 262 cm³/mol. The second kappa shape index (κ2) is 18.3. The maximum Gasteiger partial charge on any atom is 0.417 e. The number of anilines is 5. The maximum atomic E-state index is 14.0. The van der Waals surface area contributed by atoms with E-state index in [1.807, 2.05) is 29.2 Å². The topological polar surface area (TPSA) is 192 Å². The molecule has 2 aromatic carbocycles. The van der Waals surface area contributed by atoms with Crippen molar-refractivity contribution in [1.29, 1.82) is 0 Å². The molecule has 5 aromatic rings. The fourth-order valence-corrected chi connectivity index (χ4v) is 11.7. The number of nitrogens with one attached hydrogen (secondary N) is 1. The minimum absolute atomic E-state index is 0.00360. The molecule has 0 radical (unpaired) electrons. The highest BCUT2D eigenvalue weighted by atomic mass is 32.2. The van der Waals surface area contributed by atoms with E-state index in [1.165, 1.54) is 28.0 Å². The number of rotatable bonds is 11. The Morgan fingerprint density at radius 1 is 1.00 bits per heavy atom. The van der Waals surface area contributed by atoms with Gasteiger partial charge in [-0.3, -0.25) is 24.2 Å². The number of aliphatic hydroxyl groups excluding tert-OH is 1. The van der Waals surface area contributed by atoms with Crippen molar-refractivity contribution in [1.82, 2.24) is 24.0 Å². The van der Waals surface area contributed by atoms with Crippen LogP contribution in [0.2, 0.25) is 0 Å². The van der Waals surface area contributed by atoms with Gasteiger partial charge in [0.25, 0.3) is 11.5 Å². The number of hydrogen-bond acceptors (Lipinski definition) is 12. The van der Waals surface area contributed by atoms with E-state index in [-0.39, 0.29) is 29.2 Å². The number of hydrogen-bond donors (Lipinski definition) is 3. The summed E-state index contributed by atoms with van der Waals surface area (Å²) in [6, 6.07) is 12.9. The Balaban J connectivity index is 0.911. The zero-order valence-electron chi connectivity index (χ0n) is 39.8. The van der Waals surface area contributed by atoms with Crippen molar-refractivity contribution >= 4 is 56.4 Å². The number of benzene rings is 2. The van der Waals surface area contributed by atoms with Crippen LogP contribution in [0.4, 0.5) is 41.9 Å². The quantitative estimate of drug-likeness (QED) is 0.136. The van der Waals surface area contributed by atoms with Crippen molar-refractivity contribution in [3.8, 4) is 11.3 Å². The summed E-state index contributed by atoms with van der Waals surface area (Å²) in [7, 11) is -2.48. The number of nitrogens with two attached hydrogens (primary N) is 1. The van der Waals surface area contributed by atoms with Crippen LogP contribution in [0.5, 0.6) is 0 Å². The second-order valence-electron chi connectivity index (χ2n) is 19.7. The number of pyridine rings is 1. The highest BCUT2D eigenvalue weighted by Gasteiger charge is 2.39. The van der Waals surface area contributed by atoms with Crippen LogP contribution >= 0.6 is 0 Å². The average molecular weight is 983 g/mol. The monoisotopic (exact) mass is 982 g/mol. The molecule has 4 N–H and O–H groups in total. The van der Waals surface area contributed by atoms with Crippen molar-refractivity contribution in [2.75, 3.05) is 65.5 Å². The van der Waals surface area contributed by atoms with Gasteiger partial charge in [-0.25, -0.2) is 18.4 Å². The van der Waals surface area contributed by atoms with Crippen LogP contribution in [0.25, 0.3) is 17.3 Å². The van der Waals surface area contributed by atoms with Crippen LogP contribution in [0.3, 0.4) is 0 Å². The number of carbonyl (C=O) groups excluding carboxylic acids is 2. The minimum atomic E-state index is -4.82. The molecule has 16 nitrogen and oxygen atoms in total. The number of primary amides is 1. The number of piperazine rings is 1. The first-order chi connectivity index (χ1) is 33.1. The number of nitrogens with zero attached hydrogens (tertiary/aromatic N) is 8. The van der Waals surface area contributed by atoms with Crippen molar-refractivity contribution in [2.45, 2.75) is 82.8 Å². The zero-order valence-corrected chi connectivity index (χ0v) is 40.6. The van der Waals surface area contributed by atoms with Gasteiger partial charge in [-0.15, -0.1) is 0 Å². The molecule has 3 aliphatic heterocycles. The lowest BCUT2D eigenvalue weighted by atomic mass is 9.90. The van der Waals surface area contributed by atoms with Crippen LogP contribution in [0.15, 0.2) is 76.7 Å². The van der Waals surface area contributed by atoms with Crippen LogP contribution in [0, 0.1) is 5.41 Å². The Morgan fingerprint density at radius 3 is 2.44 bits per heavy atom. The lowest BCUT2D eigenvalue weighted by molar-refractivity contribution is -0.139. The van der Waals surface area contributed by atoms with Gasteiger partial charge in [0.15, 0.2) is 15.7 Å². The molecule has 0 bridgehead atoms. The number of halogens is 3. The van der Waals surface area contributed by atoms with Crippen molar-refractivity contribution in [3.05, 3.63) is 111 Å². The first-order valence-electron chi connectivity index (χ1n) is 23.4. The summed E-state index contributed by atoms with van der Waals surface area (Å²) in [5, 5.41) is 14.0. The summed E-state index contributed by atoms with van der Waals surface area (Å²) in [5.41, 5.74) is 10.7. The van der Waals surface area contributed by atoms with E-state index < -0.39 is 44.5 Å². The van der Waals surface area contributed by atoms with Gasteiger partial charge in [0.05, 0.1) is 22.8 Å². The SMILES string of the molecule is C[C@H]1CN(C2CCN(c3ccc(S(C)(=O)=O)c(C(F)(F)F)c3)CC2)CCN1c1ccc(Nc2nc(-c3ccnc(N4CCn5c(cc6c5CC(C)(C)C6)C4=O)c3CO)cn(C)c2=O)cc1C=CC(N)=O. The minimum Gasteiger partial charge on any atom is -0.392 e. The standard InChI is InChI=1S/C50H57F3N10O6S/c1-30-27-60(34-13-16-59(17-14-34)35-8-10-43(70(5,68)69)38(24-35)50(51,52)53)18-19-61(30)40-9-7-33(22-31(40)6-11-44(54)65)56-45-48(67)58(4)28-39(57-45)36-12-15-55-46(37(36)29-64)63-21-20-62-41(47(63)66)23-32-25-49(2,3)26-42(32)62/h6-12,15,22-24,28,30,34,64H,13-14,16-21,25-27,29H2,1-5H3,(H2,54,65)(H,56,57)/t30-/m0/s1. The molecule has 1 atom stereocenters. The summed E-state index contributed by atoms with van der Waals surface area (Å²) in [4.78, 5) is 56.4. The molecule has 0 unspecified atom stereocenters. The molecule has 370 valence electrons. The average Bonchev–Trinajstić information content (AvgIpc) is 3.81. The Morgan fingerprint density at radius 2 is 1.76 bits per heavy atom. The Labute approximate surface area is 404 Å². The number of amides is 2. The fraction of sp³-hybridized carbons (Fsp3) is 0.420. The van der Waals surface area contributed by atoms with Gasteiger partial charge >= 0.3 is 6.18 Å². The molecule has 2 amide bonds. The zero-order chi connectivity index (χ0) is 50.0. The van der Waals surface area contributed by atoms with E-state index in [2.05, 4.69) is 45.4 Å². The van der Waals surface area contributed by atoms with E-state index in [1.54, 1.807) is 36.5 Å². The first-order valence-corrected chi connectivity index (χ1v) is 25.2. The molecule has 3 aromatic heterocycles. The number of alkyl halides is 3. The number of fused-ring (bicyclic) bond motifs is 3. The van der Waals surface area contributed by atoms with E-state index in [9.17, 15) is 41.1 Å². The first kappa shape index (κ1) is 48.5. The van der Waals surface area contributed by atoms with Crippen molar-refractivity contribution in [3.63, 3.8) is 0 Å². The third kappa shape index (κ3) is 9.43. The molecular weight excluding hydrogens is 926 g/mol. The fourth-order valence-electron chi connectivity index (χ4n) is 10.8. The molecule has 0 saturated carbocycles. The van der Waals surface area contributed by atoms with Gasteiger partial charge in [0.1, 0.15) is 11.5 Å². The molecule has 70 heavy (non-hydrogen) atoms. The summed E-state index contributed by atoms with van der Waals surface area (Å²) in [6.45, 7) is 10.1. The number of aromatic nitrogens is 4. The molecular formula is C50H57F3N10O6S. The predicted octanol–water partition coefficient (Wildman–Crippen LogP) is 5.77. The lowest BCUT2D eigenvalue weighted by Crippen LogP contribution is -2.57. The van der Waals surface area contributed by atoms with E-state index in [0.717, 1.165) is 36.9 Å². The number of sulfone groups is 1. The summed E-state index contributed by atoms with van der Waals surface area (Å²) in [5.74, 6) is -0.501. The van der Waals surface area contributed by atoms with Gasteiger partial charge in [-0.2, -0.15) is 13.2 Å². The third-order valence-electron chi connectivity index (χ3n) is 14.1. The summed E-state index contributed by atoms with van der Waals surface area (Å²) in [6.07, 6.45) is 5.22. The Bertz CT molecular complexity index is 3100. The molecule has 4 aliphatic rings. The van der Waals surface area contributed by atoms with Gasteiger partial charge < -0.3 is 35.1 Å².